The van der Waals surface area contributed by atoms with Crippen LogP contribution in [0.2, 0.25) is 0 Å². The minimum absolute atomic E-state index is 0.573. The van der Waals surface area contributed by atoms with E-state index in [1.807, 2.05) is 45.0 Å². The number of aromatic nitrogens is 1. The van der Waals surface area contributed by atoms with Gasteiger partial charge in [-0.2, -0.15) is 5.26 Å². The highest BCUT2D eigenvalue weighted by molar-refractivity contribution is 5.68. The SMILES string of the molecule is COc1ccc(Nc2cc(C)nc(C)c2C#N)cc1C. The van der Waals surface area contributed by atoms with Crippen molar-refractivity contribution in [1.82, 2.24) is 4.98 Å². The Bertz CT molecular complexity index is 687. The highest BCUT2D eigenvalue weighted by Crippen LogP contribution is 2.26. The summed E-state index contributed by atoms with van der Waals surface area (Å²) in [5, 5.41) is 12.5. The maximum Gasteiger partial charge on any atom is 0.121 e. The Morgan fingerprint density at radius 2 is 1.95 bits per heavy atom. The third-order valence-corrected chi connectivity index (χ3v) is 3.11. The van der Waals surface area contributed by atoms with Crippen molar-refractivity contribution in [2.75, 3.05) is 12.4 Å². The number of rotatable bonds is 3. The van der Waals surface area contributed by atoms with Crippen molar-refractivity contribution in [3.05, 3.63) is 46.8 Å². The van der Waals surface area contributed by atoms with E-state index in [0.717, 1.165) is 34.1 Å². The van der Waals surface area contributed by atoms with Gasteiger partial charge in [-0.3, -0.25) is 4.98 Å². The summed E-state index contributed by atoms with van der Waals surface area (Å²) in [4.78, 5) is 4.31. The molecule has 20 heavy (non-hydrogen) atoms. The van der Waals surface area contributed by atoms with Gasteiger partial charge < -0.3 is 10.1 Å². The molecule has 1 heterocycles. The number of methoxy groups -OCH3 is 1. The van der Waals surface area contributed by atoms with Crippen LogP contribution in [0.15, 0.2) is 24.3 Å². The van der Waals surface area contributed by atoms with Crippen LogP contribution in [0.25, 0.3) is 0 Å². The first-order valence-electron chi connectivity index (χ1n) is 6.35. The molecule has 0 aliphatic rings. The zero-order valence-electron chi connectivity index (χ0n) is 12.1. The van der Waals surface area contributed by atoms with Crippen LogP contribution in [0.5, 0.6) is 5.75 Å². The van der Waals surface area contributed by atoms with Gasteiger partial charge in [0.05, 0.1) is 24.1 Å². The number of nitrogens with one attached hydrogen (secondary N) is 1. The average molecular weight is 267 g/mol. The maximum absolute atomic E-state index is 9.25. The number of hydrogen-bond donors (Lipinski definition) is 1. The van der Waals surface area contributed by atoms with Crippen LogP contribution in [0.4, 0.5) is 11.4 Å². The molecule has 1 N–H and O–H groups in total. The fourth-order valence-electron chi connectivity index (χ4n) is 2.18. The molecule has 102 valence electrons. The van der Waals surface area contributed by atoms with E-state index in [1.165, 1.54) is 0 Å². The van der Waals surface area contributed by atoms with Crippen LogP contribution in [0, 0.1) is 32.1 Å². The number of ether oxygens (including phenoxy) is 1. The fourth-order valence-corrected chi connectivity index (χ4v) is 2.18. The quantitative estimate of drug-likeness (QED) is 0.922. The van der Waals surface area contributed by atoms with E-state index in [0.29, 0.717) is 5.56 Å². The largest absolute Gasteiger partial charge is 0.496 e. The van der Waals surface area contributed by atoms with E-state index in [4.69, 9.17) is 4.74 Å². The molecule has 0 amide bonds. The summed E-state index contributed by atoms with van der Waals surface area (Å²) in [7, 11) is 1.65. The molecular formula is C16H17N3O. The molecule has 4 nitrogen and oxygen atoms in total. The Morgan fingerprint density at radius 3 is 2.55 bits per heavy atom. The zero-order valence-corrected chi connectivity index (χ0v) is 12.1. The Labute approximate surface area is 119 Å². The minimum Gasteiger partial charge on any atom is -0.496 e. The van der Waals surface area contributed by atoms with Gasteiger partial charge in [-0.15, -0.1) is 0 Å². The molecule has 0 atom stereocenters. The summed E-state index contributed by atoms with van der Waals surface area (Å²) in [6.07, 6.45) is 0. The molecular weight excluding hydrogens is 250 g/mol. The Kier molecular flexibility index (Phi) is 3.90. The van der Waals surface area contributed by atoms with E-state index in [-0.39, 0.29) is 0 Å². The first-order chi connectivity index (χ1) is 9.55. The molecule has 4 heteroatoms. The molecule has 0 saturated heterocycles. The van der Waals surface area contributed by atoms with Crippen molar-refractivity contribution in [2.45, 2.75) is 20.8 Å². The van der Waals surface area contributed by atoms with Gasteiger partial charge in [0.1, 0.15) is 11.8 Å². The van der Waals surface area contributed by atoms with Gasteiger partial charge in [0, 0.05) is 11.4 Å². The second-order valence-electron chi connectivity index (χ2n) is 4.69. The molecule has 0 bridgehead atoms. The summed E-state index contributed by atoms with van der Waals surface area (Å²) in [5.41, 5.74) is 4.93. The summed E-state index contributed by atoms with van der Waals surface area (Å²) >= 11 is 0. The number of benzene rings is 1. The van der Waals surface area contributed by atoms with Crippen molar-refractivity contribution in [2.24, 2.45) is 0 Å². The molecule has 0 spiro atoms. The van der Waals surface area contributed by atoms with Gasteiger partial charge >= 0.3 is 0 Å². The molecule has 0 saturated carbocycles. The third kappa shape index (κ3) is 2.72. The monoisotopic (exact) mass is 267 g/mol. The summed E-state index contributed by atoms with van der Waals surface area (Å²) in [5.74, 6) is 0.846. The lowest BCUT2D eigenvalue weighted by molar-refractivity contribution is 0.412. The lowest BCUT2D eigenvalue weighted by Crippen LogP contribution is -2.00. The molecule has 0 aliphatic carbocycles. The van der Waals surface area contributed by atoms with Crippen LogP contribution in [0.3, 0.4) is 0 Å². The summed E-state index contributed by atoms with van der Waals surface area (Å²) in [6.45, 7) is 5.74. The van der Waals surface area contributed by atoms with Gasteiger partial charge in [-0.05, 0) is 50.6 Å². The average Bonchev–Trinajstić information content (AvgIpc) is 2.38. The van der Waals surface area contributed by atoms with E-state index in [2.05, 4.69) is 16.4 Å². The predicted molar refractivity (Wildman–Crippen MR) is 79.4 cm³/mol. The minimum atomic E-state index is 0.573. The van der Waals surface area contributed by atoms with Gasteiger partial charge in [0.15, 0.2) is 0 Å². The first kappa shape index (κ1) is 13.9. The second kappa shape index (κ2) is 5.62. The third-order valence-electron chi connectivity index (χ3n) is 3.11. The summed E-state index contributed by atoms with van der Waals surface area (Å²) < 4.78 is 5.24. The molecule has 1 aromatic carbocycles. The highest BCUT2D eigenvalue weighted by Gasteiger charge is 2.09. The molecule has 2 aromatic rings. The van der Waals surface area contributed by atoms with Crippen molar-refractivity contribution in [3.63, 3.8) is 0 Å². The molecule has 1 aromatic heterocycles. The van der Waals surface area contributed by atoms with Crippen LogP contribution < -0.4 is 10.1 Å². The molecule has 0 radical (unpaired) electrons. The molecule has 0 aliphatic heterocycles. The predicted octanol–water partition coefficient (Wildman–Crippen LogP) is 3.63. The maximum atomic E-state index is 9.25. The topological polar surface area (TPSA) is 57.9 Å². The Balaban J connectivity index is 2.40. The highest BCUT2D eigenvalue weighted by atomic mass is 16.5. The number of hydrogen-bond acceptors (Lipinski definition) is 4. The smallest absolute Gasteiger partial charge is 0.121 e. The Morgan fingerprint density at radius 1 is 1.20 bits per heavy atom. The molecule has 2 rings (SSSR count). The normalized spacial score (nSPS) is 9.95. The van der Waals surface area contributed by atoms with E-state index < -0.39 is 0 Å². The van der Waals surface area contributed by atoms with Gasteiger partial charge in [-0.1, -0.05) is 0 Å². The number of nitrogens with zero attached hydrogens (tertiary/aromatic N) is 2. The van der Waals surface area contributed by atoms with Crippen molar-refractivity contribution in [3.8, 4) is 11.8 Å². The van der Waals surface area contributed by atoms with Gasteiger partial charge in [0.2, 0.25) is 0 Å². The second-order valence-corrected chi connectivity index (χ2v) is 4.69. The van der Waals surface area contributed by atoms with Gasteiger partial charge in [-0.25, -0.2) is 0 Å². The van der Waals surface area contributed by atoms with Crippen LogP contribution in [-0.2, 0) is 0 Å². The van der Waals surface area contributed by atoms with Crippen molar-refractivity contribution >= 4 is 11.4 Å². The fraction of sp³-hybridized carbons (Fsp3) is 0.250. The number of nitriles is 1. The summed E-state index contributed by atoms with van der Waals surface area (Å²) in [6, 6.07) is 9.91. The van der Waals surface area contributed by atoms with Crippen LogP contribution in [0.1, 0.15) is 22.5 Å². The number of aryl methyl sites for hydroxylation is 3. The lowest BCUT2D eigenvalue weighted by atomic mass is 10.1. The van der Waals surface area contributed by atoms with Crippen LogP contribution >= 0.6 is 0 Å². The van der Waals surface area contributed by atoms with E-state index >= 15 is 0 Å². The Hall–Kier alpha value is -2.54. The number of pyridine rings is 1. The van der Waals surface area contributed by atoms with Gasteiger partial charge in [0.25, 0.3) is 0 Å². The molecule has 0 unspecified atom stereocenters. The standard InChI is InChI=1S/C16H17N3O/c1-10-7-13(5-6-16(10)20-4)19-15-8-11(2)18-12(3)14(15)9-17/h5-8H,1-4H3,(H,18,19). The zero-order chi connectivity index (χ0) is 14.7. The van der Waals surface area contributed by atoms with E-state index in [1.54, 1.807) is 7.11 Å². The van der Waals surface area contributed by atoms with Crippen molar-refractivity contribution < 1.29 is 4.74 Å². The number of anilines is 2. The first-order valence-corrected chi connectivity index (χ1v) is 6.35. The lowest BCUT2D eigenvalue weighted by Gasteiger charge is -2.12. The van der Waals surface area contributed by atoms with Crippen LogP contribution in [-0.4, -0.2) is 12.1 Å². The van der Waals surface area contributed by atoms with E-state index in [9.17, 15) is 5.26 Å². The van der Waals surface area contributed by atoms with Crippen molar-refractivity contribution in [1.29, 1.82) is 5.26 Å². The molecule has 0 fully saturated rings.